The molecule has 8 nitrogen and oxygen atoms in total. The fourth-order valence-electron chi connectivity index (χ4n) is 3.57. The van der Waals surface area contributed by atoms with Crippen LogP contribution in [0.25, 0.3) is 0 Å². The summed E-state index contributed by atoms with van der Waals surface area (Å²) in [4.78, 5) is 23.4. The Morgan fingerprint density at radius 3 is 2.38 bits per heavy atom. The number of alkyl carbamates (subject to hydrolysis) is 1. The van der Waals surface area contributed by atoms with Gasteiger partial charge in [0.2, 0.25) is 0 Å². The third-order valence-electron chi connectivity index (χ3n) is 5.48. The number of halogens is 1. The van der Waals surface area contributed by atoms with Gasteiger partial charge in [-0.25, -0.2) is 14.0 Å². The molecule has 1 aromatic carbocycles. The number of aliphatic hydroxyl groups is 1. The van der Waals surface area contributed by atoms with Gasteiger partial charge in [-0.15, -0.1) is 0 Å². The van der Waals surface area contributed by atoms with E-state index in [0.717, 1.165) is 18.4 Å². The summed E-state index contributed by atoms with van der Waals surface area (Å²) in [6, 6.07) is 4.93. The standard InChI is InChI=1S/C25H38FNO7/c1-16(28)22(33-14-18-5-6-18)19(13-17-7-9-20(26)10-8-17)11-12-32-15-21(23(29)30)27-24(31)34-25(2,3)4/h7-10,16,18-19,21-22,28H,5-6,11-15H2,1-4H3,(H,27,31)(H,29,30)/t16-,19+,21-,22-/m0/s1. The van der Waals surface area contributed by atoms with Gasteiger partial charge in [0.1, 0.15) is 11.4 Å². The molecule has 0 aromatic heterocycles. The van der Waals surface area contributed by atoms with Crippen LogP contribution in [0.15, 0.2) is 24.3 Å². The second-order valence-electron chi connectivity index (χ2n) is 9.97. The fourth-order valence-corrected chi connectivity index (χ4v) is 3.57. The maximum Gasteiger partial charge on any atom is 0.408 e. The van der Waals surface area contributed by atoms with Gasteiger partial charge in [-0.3, -0.25) is 0 Å². The average Bonchev–Trinajstić information content (AvgIpc) is 3.54. The number of carboxylic acid groups (broad SMARTS) is 1. The number of carboxylic acids is 1. The number of hydrogen-bond donors (Lipinski definition) is 3. The number of aliphatic hydroxyl groups excluding tert-OH is 1. The molecule has 0 aliphatic heterocycles. The van der Waals surface area contributed by atoms with E-state index in [1.54, 1.807) is 39.8 Å². The van der Waals surface area contributed by atoms with Gasteiger partial charge in [-0.2, -0.15) is 0 Å². The Balaban J connectivity index is 1.95. The van der Waals surface area contributed by atoms with Crippen molar-refractivity contribution in [2.75, 3.05) is 19.8 Å². The molecule has 192 valence electrons. The molecule has 0 radical (unpaired) electrons. The molecule has 2 rings (SSSR count). The molecular formula is C25H38FNO7. The first-order valence-corrected chi connectivity index (χ1v) is 11.8. The van der Waals surface area contributed by atoms with Crippen molar-refractivity contribution in [1.82, 2.24) is 5.32 Å². The first-order chi connectivity index (χ1) is 15.9. The zero-order valence-corrected chi connectivity index (χ0v) is 20.5. The lowest BCUT2D eigenvalue weighted by atomic mass is 9.88. The fraction of sp³-hybridized carbons (Fsp3) is 0.680. The molecule has 0 unspecified atom stereocenters. The van der Waals surface area contributed by atoms with Crippen LogP contribution in [-0.2, 0) is 25.4 Å². The lowest BCUT2D eigenvalue weighted by Crippen LogP contribution is -2.46. The van der Waals surface area contributed by atoms with Gasteiger partial charge < -0.3 is 29.7 Å². The quantitative estimate of drug-likeness (QED) is 0.347. The van der Waals surface area contributed by atoms with Gasteiger partial charge in [0.05, 0.1) is 18.8 Å². The number of aliphatic carboxylic acids is 1. The van der Waals surface area contributed by atoms with E-state index in [1.807, 2.05) is 0 Å². The van der Waals surface area contributed by atoms with Gasteiger partial charge >= 0.3 is 12.1 Å². The number of amides is 1. The van der Waals surface area contributed by atoms with Crippen molar-refractivity contribution >= 4 is 12.1 Å². The summed E-state index contributed by atoms with van der Waals surface area (Å²) in [7, 11) is 0. The molecule has 0 heterocycles. The van der Waals surface area contributed by atoms with E-state index in [-0.39, 0.29) is 24.9 Å². The van der Waals surface area contributed by atoms with Crippen LogP contribution in [0.4, 0.5) is 9.18 Å². The van der Waals surface area contributed by atoms with Crippen molar-refractivity contribution in [2.24, 2.45) is 11.8 Å². The molecule has 1 saturated carbocycles. The van der Waals surface area contributed by atoms with Crippen LogP contribution in [-0.4, -0.2) is 65.9 Å². The van der Waals surface area contributed by atoms with Crippen LogP contribution in [0.2, 0.25) is 0 Å². The van der Waals surface area contributed by atoms with Crippen molar-refractivity contribution in [1.29, 1.82) is 0 Å². The van der Waals surface area contributed by atoms with Crippen molar-refractivity contribution in [2.45, 2.75) is 77.2 Å². The Hall–Kier alpha value is -2.23. The van der Waals surface area contributed by atoms with Crippen LogP contribution < -0.4 is 5.32 Å². The predicted octanol–water partition coefficient (Wildman–Crippen LogP) is 3.55. The molecule has 0 saturated heterocycles. The number of carbonyl (C=O) groups is 2. The highest BCUT2D eigenvalue weighted by molar-refractivity contribution is 5.80. The molecular weight excluding hydrogens is 445 g/mol. The number of ether oxygens (including phenoxy) is 3. The first-order valence-electron chi connectivity index (χ1n) is 11.8. The zero-order valence-electron chi connectivity index (χ0n) is 20.5. The van der Waals surface area contributed by atoms with Crippen molar-refractivity contribution in [3.63, 3.8) is 0 Å². The summed E-state index contributed by atoms with van der Waals surface area (Å²) >= 11 is 0. The van der Waals surface area contributed by atoms with E-state index in [4.69, 9.17) is 14.2 Å². The molecule has 1 aliphatic rings. The lowest BCUT2D eigenvalue weighted by molar-refractivity contribution is -0.141. The third-order valence-corrected chi connectivity index (χ3v) is 5.48. The number of hydrogen-bond acceptors (Lipinski definition) is 6. The topological polar surface area (TPSA) is 114 Å². The highest BCUT2D eigenvalue weighted by atomic mass is 19.1. The molecule has 4 atom stereocenters. The first kappa shape index (κ1) is 28.0. The minimum Gasteiger partial charge on any atom is -0.480 e. The molecule has 1 aliphatic carbocycles. The van der Waals surface area contributed by atoms with Crippen LogP contribution in [0.1, 0.15) is 52.5 Å². The highest BCUT2D eigenvalue weighted by Gasteiger charge is 2.31. The average molecular weight is 484 g/mol. The Morgan fingerprint density at radius 2 is 1.85 bits per heavy atom. The predicted molar refractivity (Wildman–Crippen MR) is 124 cm³/mol. The maximum atomic E-state index is 13.3. The normalized spacial score (nSPS) is 17.5. The van der Waals surface area contributed by atoms with Crippen LogP contribution in [0.3, 0.4) is 0 Å². The summed E-state index contributed by atoms with van der Waals surface area (Å²) in [5.41, 5.74) is 0.153. The summed E-state index contributed by atoms with van der Waals surface area (Å²) in [6.07, 6.45) is 1.28. The Bertz CT molecular complexity index is 774. The zero-order chi connectivity index (χ0) is 25.3. The van der Waals surface area contributed by atoms with E-state index in [2.05, 4.69) is 5.32 Å². The summed E-state index contributed by atoms with van der Waals surface area (Å²) in [5.74, 6) is -1.16. The van der Waals surface area contributed by atoms with Crippen LogP contribution in [0.5, 0.6) is 0 Å². The van der Waals surface area contributed by atoms with E-state index in [1.165, 1.54) is 12.1 Å². The number of benzene rings is 1. The minimum absolute atomic E-state index is 0.133. The van der Waals surface area contributed by atoms with Crippen molar-refractivity contribution in [3.8, 4) is 0 Å². The Kier molecular flexibility index (Phi) is 10.7. The molecule has 1 fully saturated rings. The number of carbonyl (C=O) groups excluding carboxylic acids is 1. The van der Waals surface area contributed by atoms with Gasteiger partial charge in [-0.1, -0.05) is 12.1 Å². The molecule has 34 heavy (non-hydrogen) atoms. The molecule has 0 spiro atoms. The molecule has 9 heteroatoms. The summed E-state index contributed by atoms with van der Waals surface area (Å²) < 4.78 is 30.1. The van der Waals surface area contributed by atoms with E-state index < -0.39 is 35.9 Å². The lowest BCUT2D eigenvalue weighted by Gasteiger charge is -2.30. The van der Waals surface area contributed by atoms with E-state index in [0.29, 0.717) is 25.4 Å². The Labute approximate surface area is 200 Å². The largest absolute Gasteiger partial charge is 0.480 e. The SMILES string of the molecule is C[C@H](O)[C@H](OCC1CC1)[C@H](CCOC[C@H](NC(=O)OC(C)(C)C)C(=O)O)Cc1ccc(F)cc1. The smallest absolute Gasteiger partial charge is 0.408 e. The molecule has 3 N–H and O–H groups in total. The monoisotopic (exact) mass is 483 g/mol. The number of nitrogens with one attached hydrogen (secondary N) is 1. The van der Waals surface area contributed by atoms with Crippen LogP contribution in [0, 0.1) is 17.7 Å². The van der Waals surface area contributed by atoms with Gasteiger partial charge in [-0.05, 0) is 82.9 Å². The second kappa shape index (κ2) is 13.0. The van der Waals surface area contributed by atoms with E-state index in [9.17, 15) is 24.2 Å². The second-order valence-corrected chi connectivity index (χ2v) is 9.97. The molecule has 1 amide bonds. The Morgan fingerprint density at radius 1 is 1.21 bits per heavy atom. The van der Waals surface area contributed by atoms with Gasteiger partial charge in [0.25, 0.3) is 0 Å². The van der Waals surface area contributed by atoms with Crippen molar-refractivity contribution < 1.29 is 38.4 Å². The maximum absolute atomic E-state index is 13.3. The molecule has 0 bridgehead atoms. The van der Waals surface area contributed by atoms with Gasteiger partial charge in [0.15, 0.2) is 6.04 Å². The highest BCUT2D eigenvalue weighted by Crippen LogP contribution is 2.31. The van der Waals surface area contributed by atoms with Gasteiger partial charge in [0, 0.05) is 13.2 Å². The van der Waals surface area contributed by atoms with E-state index >= 15 is 0 Å². The van der Waals surface area contributed by atoms with Crippen LogP contribution >= 0.6 is 0 Å². The minimum atomic E-state index is -1.26. The summed E-state index contributed by atoms with van der Waals surface area (Å²) in [6.45, 7) is 7.28. The number of rotatable bonds is 14. The van der Waals surface area contributed by atoms with Crippen molar-refractivity contribution in [3.05, 3.63) is 35.6 Å². The third kappa shape index (κ3) is 10.8. The summed E-state index contributed by atoms with van der Waals surface area (Å²) in [5, 5.41) is 22.1. The molecule has 1 aromatic rings.